The van der Waals surface area contributed by atoms with Crippen molar-refractivity contribution < 1.29 is 9.90 Å². The van der Waals surface area contributed by atoms with Gasteiger partial charge in [0.25, 0.3) is 0 Å². The van der Waals surface area contributed by atoms with Gasteiger partial charge in [-0.1, -0.05) is 38.1 Å². The molecule has 1 N–H and O–H groups in total. The molecule has 0 fully saturated rings. The molecule has 0 spiro atoms. The summed E-state index contributed by atoms with van der Waals surface area (Å²) in [7, 11) is 0. The largest absolute Gasteiger partial charge is 0.481 e. The zero-order valence-electron chi connectivity index (χ0n) is 11.3. The first kappa shape index (κ1) is 13.1. The van der Waals surface area contributed by atoms with Crippen LogP contribution in [-0.2, 0) is 16.6 Å². The second-order valence-electron chi connectivity index (χ2n) is 5.83. The van der Waals surface area contributed by atoms with Crippen molar-refractivity contribution in [2.75, 3.05) is 0 Å². The molecule has 1 aliphatic carbocycles. The Morgan fingerprint density at radius 1 is 1.39 bits per heavy atom. The molecule has 1 unspecified atom stereocenters. The molecule has 18 heavy (non-hydrogen) atoms. The molecule has 1 atom stereocenters. The van der Waals surface area contributed by atoms with Crippen LogP contribution in [0.1, 0.15) is 50.7 Å². The predicted octanol–water partition coefficient (Wildman–Crippen LogP) is 3.78. The van der Waals surface area contributed by atoms with Crippen molar-refractivity contribution in [1.82, 2.24) is 0 Å². The van der Waals surface area contributed by atoms with Crippen LogP contribution >= 0.6 is 0 Å². The van der Waals surface area contributed by atoms with Gasteiger partial charge >= 0.3 is 5.97 Å². The lowest BCUT2D eigenvalue weighted by atomic mass is 9.67. The van der Waals surface area contributed by atoms with E-state index in [-0.39, 0.29) is 0 Å². The Balaban J connectivity index is 2.39. The summed E-state index contributed by atoms with van der Waals surface area (Å²) in [4.78, 5) is 11.9. The molecule has 0 amide bonds. The van der Waals surface area contributed by atoms with Crippen LogP contribution in [0.25, 0.3) is 0 Å². The molecule has 2 rings (SSSR count). The van der Waals surface area contributed by atoms with Crippen LogP contribution in [0.3, 0.4) is 0 Å². The number of fused-ring (bicyclic) bond motifs is 1. The number of carbonyl (C=O) groups is 1. The highest BCUT2D eigenvalue weighted by atomic mass is 16.4. The maximum Gasteiger partial charge on any atom is 0.314 e. The van der Waals surface area contributed by atoms with Crippen LogP contribution < -0.4 is 0 Å². The lowest BCUT2D eigenvalue weighted by Gasteiger charge is -2.36. The third-order valence-electron chi connectivity index (χ3n) is 4.14. The summed E-state index contributed by atoms with van der Waals surface area (Å²) in [5.74, 6) is -0.0920. The first-order valence-corrected chi connectivity index (χ1v) is 6.88. The number of hydrogen-bond acceptors (Lipinski definition) is 1. The predicted molar refractivity (Wildman–Crippen MR) is 72.8 cm³/mol. The molecule has 0 bridgehead atoms. The van der Waals surface area contributed by atoms with Gasteiger partial charge in [0.1, 0.15) is 0 Å². The Kier molecular flexibility index (Phi) is 3.74. The van der Waals surface area contributed by atoms with E-state index < -0.39 is 11.4 Å². The molecule has 1 aliphatic rings. The van der Waals surface area contributed by atoms with Crippen molar-refractivity contribution in [2.24, 2.45) is 5.92 Å². The summed E-state index contributed by atoms with van der Waals surface area (Å²) in [6.07, 6.45) is 4.53. The lowest BCUT2D eigenvalue weighted by molar-refractivity contribution is -0.145. The Hall–Kier alpha value is -1.31. The molecule has 2 nitrogen and oxygen atoms in total. The van der Waals surface area contributed by atoms with Crippen molar-refractivity contribution in [3.63, 3.8) is 0 Å². The van der Waals surface area contributed by atoms with Gasteiger partial charge in [-0.2, -0.15) is 0 Å². The number of carboxylic acids is 1. The number of aryl methyl sites for hydroxylation is 1. The van der Waals surface area contributed by atoms with E-state index in [1.54, 1.807) is 0 Å². The second-order valence-corrected chi connectivity index (χ2v) is 5.83. The van der Waals surface area contributed by atoms with Gasteiger partial charge in [-0.25, -0.2) is 0 Å². The standard InChI is InChI=1S/C16H22O2/c1-12(2)9-11-16(15(17)18)10-5-7-13-6-3-4-8-14(13)16/h3-4,6,8,12H,5,7,9-11H2,1-2H3,(H,17,18). The van der Waals surface area contributed by atoms with E-state index in [2.05, 4.69) is 19.9 Å². The monoisotopic (exact) mass is 246 g/mol. The van der Waals surface area contributed by atoms with Gasteiger partial charge in [0, 0.05) is 0 Å². The summed E-state index contributed by atoms with van der Waals surface area (Å²) in [6.45, 7) is 4.31. The molecule has 2 heteroatoms. The molecule has 1 aromatic carbocycles. The highest BCUT2D eigenvalue weighted by Gasteiger charge is 2.42. The first-order chi connectivity index (χ1) is 8.56. The van der Waals surface area contributed by atoms with Gasteiger partial charge in [-0.3, -0.25) is 4.79 Å². The second kappa shape index (κ2) is 5.13. The summed E-state index contributed by atoms with van der Waals surface area (Å²) >= 11 is 0. The van der Waals surface area contributed by atoms with Gasteiger partial charge in [0.15, 0.2) is 0 Å². The molecular weight excluding hydrogens is 224 g/mol. The highest BCUT2D eigenvalue weighted by molar-refractivity contribution is 5.82. The SMILES string of the molecule is CC(C)CCC1(C(=O)O)CCCc2ccccc21. The summed E-state index contributed by atoms with van der Waals surface area (Å²) < 4.78 is 0. The summed E-state index contributed by atoms with van der Waals surface area (Å²) in [5.41, 5.74) is 1.65. The number of carboxylic acid groups (broad SMARTS) is 1. The third-order valence-corrected chi connectivity index (χ3v) is 4.14. The van der Waals surface area contributed by atoms with E-state index in [9.17, 15) is 9.90 Å². The van der Waals surface area contributed by atoms with Crippen molar-refractivity contribution in [3.8, 4) is 0 Å². The first-order valence-electron chi connectivity index (χ1n) is 6.88. The molecule has 1 aromatic rings. The van der Waals surface area contributed by atoms with E-state index in [0.29, 0.717) is 5.92 Å². The number of rotatable bonds is 4. The minimum absolute atomic E-state index is 0.551. The maximum atomic E-state index is 11.9. The average Bonchev–Trinajstić information content (AvgIpc) is 2.36. The van der Waals surface area contributed by atoms with Gasteiger partial charge < -0.3 is 5.11 Å². The van der Waals surface area contributed by atoms with Crippen molar-refractivity contribution in [2.45, 2.75) is 51.4 Å². The Labute approximate surface area is 109 Å². The van der Waals surface area contributed by atoms with Crippen molar-refractivity contribution in [1.29, 1.82) is 0 Å². The van der Waals surface area contributed by atoms with Crippen LogP contribution in [0.15, 0.2) is 24.3 Å². The van der Waals surface area contributed by atoms with Gasteiger partial charge in [-0.05, 0) is 49.1 Å². The molecule has 0 heterocycles. The molecule has 0 aromatic heterocycles. The topological polar surface area (TPSA) is 37.3 Å². The Bertz CT molecular complexity index is 436. The average molecular weight is 246 g/mol. The van der Waals surface area contributed by atoms with Crippen LogP contribution in [0, 0.1) is 5.92 Å². The Morgan fingerprint density at radius 2 is 2.11 bits per heavy atom. The van der Waals surface area contributed by atoms with Crippen LogP contribution in [-0.4, -0.2) is 11.1 Å². The molecular formula is C16H22O2. The quantitative estimate of drug-likeness (QED) is 0.877. The Morgan fingerprint density at radius 3 is 2.78 bits per heavy atom. The van der Waals surface area contributed by atoms with E-state index in [0.717, 1.165) is 37.7 Å². The van der Waals surface area contributed by atoms with E-state index in [1.807, 2.05) is 18.2 Å². The summed E-state index contributed by atoms with van der Waals surface area (Å²) in [6, 6.07) is 8.08. The number of aliphatic carboxylic acids is 1. The fraction of sp³-hybridized carbons (Fsp3) is 0.562. The van der Waals surface area contributed by atoms with Crippen molar-refractivity contribution >= 4 is 5.97 Å². The highest BCUT2D eigenvalue weighted by Crippen LogP contribution is 2.41. The third kappa shape index (κ3) is 2.29. The molecule has 0 saturated carbocycles. The maximum absolute atomic E-state index is 11.9. The smallest absolute Gasteiger partial charge is 0.314 e. The summed E-state index contributed by atoms with van der Waals surface area (Å²) in [5, 5.41) is 9.75. The minimum Gasteiger partial charge on any atom is -0.481 e. The van der Waals surface area contributed by atoms with Crippen LogP contribution in [0.5, 0.6) is 0 Å². The zero-order chi connectivity index (χ0) is 13.2. The molecule has 0 saturated heterocycles. The fourth-order valence-corrected chi connectivity index (χ4v) is 3.04. The number of hydrogen-bond donors (Lipinski definition) is 1. The van der Waals surface area contributed by atoms with E-state index in [4.69, 9.17) is 0 Å². The van der Waals surface area contributed by atoms with Gasteiger partial charge in [-0.15, -0.1) is 0 Å². The zero-order valence-corrected chi connectivity index (χ0v) is 11.3. The van der Waals surface area contributed by atoms with Crippen LogP contribution in [0.2, 0.25) is 0 Å². The molecule has 0 aliphatic heterocycles. The normalized spacial score (nSPS) is 22.8. The molecule has 0 radical (unpaired) electrons. The van der Waals surface area contributed by atoms with E-state index in [1.165, 1.54) is 5.56 Å². The van der Waals surface area contributed by atoms with E-state index >= 15 is 0 Å². The van der Waals surface area contributed by atoms with Gasteiger partial charge in [0.05, 0.1) is 5.41 Å². The fourth-order valence-electron chi connectivity index (χ4n) is 3.04. The molecule has 98 valence electrons. The van der Waals surface area contributed by atoms with Crippen molar-refractivity contribution in [3.05, 3.63) is 35.4 Å². The van der Waals surface area contributed by atoms with Crippen LogP contribution in [0.4, 0.5) is 0 Å². The van der Waals surface area contributed by atoms with Gasteiger partial charge in [0.2, 0.25) is 0 Å². The number of benzene rings is 1. The lowest BCUT2D eigenvalue weighted by Crippen LogP contribution is -2.39. The minimum atomic E-state index is -0.643.